The van der Waals surface area contributed by atoms with Gasteiger partial charge in [0, 0.05) is 16.3 Å². The van der Waals surface area contributed by atoms with Crippen molar-refractivity contribution in [3.8, 4) is 11.3 Å². The lowest BCUT2D eigenvalue weighted by Crippen LogP contribution is -2.19. The van der Waals surface area contributed by atoms with Gasteiger partial charge in [-0.2, -0.15) is 9.61 Å². The largest absolute Gasteiger partial charge is 0.282 e. The topological polar surface area (TPSA) is 47.3 Å². The van der Waals surface area contributed by atoms with Crippen LogP contribution in [0.5, 0.6) is 0 Å². The van der Waals surface area contributed by atoms with Gasteiger partial charge in [-0.3, -0.25) is 4.79 Å². The van der Waals surface area contributed by atoms with Gasteiger partial charge < -0.3 is 0 Å². The van der Waals surface area contributed by atoms with E-state index in [4.69, 9.17) is 10.1 Å². The monoisotopic (exact) mass is 351 g/mol. The molecular weight excluding hydrogens is 334 g/mol. The van der Waals surface area contributed by atoms with Crippen LogP contribution in [-0.4, -0.2) is 14.6 Å². The molecule has 3 aromatic carbocycles. The molecule has 0 saturated heterocycles. The van der Waals surface area contributed by atoms with E-state index in [0.29, 0.717) is 16.6 Å². The summed E-state index contributed by atoms with van der Waals surface area (Å²) in [7, 11) is 0. The first-order chi connectivity index (χ1) is 13.1. The Morgan fingerprint density at radius 3 is 2.26 bits per heavy atom. The smallest absolute Gasteiger partial charge is 0.267 e. The Morgan fingerprint density at radius 2 is 1.48 bits per heavy atom. The van der Waals surface area contributed by atoms with Gasteiger partial charge in [-0.15, -0.1) is 0 Å². The molecule has 0 N–H and O–H groups in total. The summed E-state index contributed by atoms with van der Waals surface area (Å²) in [5.41, 5.74) is 5.34. The van der Waals surface area contributed by atoms with E-state index in [-0.39, 0.29) is 5.56 Å². The zero-order valence-corrected chi connectivity index (χ0v) is 15.1. The summed E-state index contributed by atoms with van der Waals surface area (Å²) >= 11 is 0. The second-order valence-corrected chi connectivity index (χ2v) is 6.86. The molecule has 0 aliphatic heterocycles. The molecule has 0 radical (unpaired) electrons. The van der Waals surface area contributed by atoms with Crippen LogP contribution < -0.4 is 5.56 Å². The van der Waals surface area contributed by atoms with Gasteiger partial charge in [0.2, 0.25) is 0 Å². The Labute approximate surface area is 155 Å². The fourth-order valence-electron chi connectivity index (χ4n) is 3.53. The zero-order chi connectivity index (χ0) is 18.5. The number of rotatable bonds is 1. The molecular formula is C23H17N3O. The maximum atomic E-state index is 13.1. The molecule has 0 fully saturated rings. The van der Waals surface area contributed by atoms with Crippen LogP contribution in [0.2, 0.25) is 0 Å². The molecule has 5 rings (SSSR count). The van der Waals surface area contributed by atoms with Crippen LogP contribution in [-0.2, 0) is 0 Å². The van der Waals surface area contributed by atoms with Crippen molar-refractivity contribution in [2.24, 2.45) is 0 Å². The molecule has 0 aliphatic carbocycles. The van der Waals surface area contributed by atoms with Crippen LogP contribution in [0.1, 0.15) is 11.1 Å². The van der Waals surface area contributed by atoms with Crippen LogP contribution in [0.4, 0.5) is 0 Å². The first-order valence-corrected chi connectivity index (χ1v) is 8.91. The maximum absolute atomic E-state index is 13.1. The average Bonchev–Trinajstić information content (AvgIpc) is 2.70. The van der Waals surface area contributed by atoms with Crippen molar-refractivity contribution in [1.29, 1.82) is 0 Å². The van der Waals surface area contributed by atoms with Gasteiger partial charge in [-0.1, -0.05) is 48.5 Å². The lowest BCUT2D eigenvalue weighted by molar-refractivity contribution is 0.897. The maximum Gasteiger partial charge on any atom is 0.282 e. The van der Waals surface area contributed by atoms with E-state index in [1.807, 2.05) is 42.5 Å². The second-order valence-electron chi connectivity index (χ2n) is 6.86. The molecule has 0 saturated carbocycles. The van der Waals surface area contributed by atoms with Crippen molar-refractivity contribution in [3.05, 3.63) is 88.2 Å². The minimum atomic E-state index is -0.147. The highest BCUT2D eigenvalue weighted by Gasteiger charge is 2.14. The number of hydrogen-bond donors (Lipinski definition) is 0. The summed E-state index contributed by atoms with van der Waals surface area (Å²) in [6.07, 6.45) is 0. The number of para-hydroxylation sites is 1. The molecule has 0 aliphatic rings. The Bertz CT molecular complexity index is 1420. The third-order valence-corrected chi connectivity index (χ3v) is 5.16. The van der Waals surface area contributed by atoms with E-state index in [1.54, 1.807) is 6.07 Å². The number of nitrogens with zero attached hydrogens (tertiary/aromatic N) is 3. The number of fused-ring (bicyclic) bond motifs is 4. The Hall–Kier alpha value is -3.53. The first kappa shape index (κ1) is 15.7. The van der Waals surface area contributed by atoms with Crippen molar-refractivity contribution in [3.63, 3.8) is 0 Å². The van der Waals surface area contributed by atoms with E-state index in [9.17, 15) is 4.79 Å². The molecule has 0 atom stereocenters. The molecule has 4 nitrogen and oxygen atoms in total. The van der Waals surface area contributed by atoms with E-state index in [2.05, 4.69) is 32.0 Å². The Morgan fingerprint density at radius 1 is 0.778 bits per heavy atom. The van der Waals surface area contributed by atoms with Crippen molar-refractivity contribution < 1.29 is 0 Å². The minimum absolute atomic E-state index is 0.147. The van der Waals surface area contributed by atoms with Crippen LogP contribution >= 0.6 is 0 Å². The van der Waals surface area contributed by atoms with Crippen molar-refractivity contribution in [1.82, 2.24) is 14.6 Å². The second kappa shape index (κ2) is 5.74. The van der Waals surface area contributed by atoms with Gasteiger partial charge in [0.25, 0.3) is 5.56 Å². The highest BCUT2D eigenvalue weighted by Crippen LogP contribution is 2.29. The van der Waals surface area contributed by atoms with E-state index in [1.165, 1.54) is 15.6 Å². The highest BCUT2D eigenvalue weighted by molar-refractivity contribution is 6.02. The predicted octanol–water partition coefficient (Wildman–Crippen LogP) is 4.68. The number of aryl methyl sites for hydroxylation is 2. The fraction of sp³-hybridized carbons (Fsp3) is 0.0870. The summed E-state index contributed by atoms with van der Waals surface area (Å²) in [6, 6.07) is 21.7. The van der Waals surface area contributed by atoms with Gasteiger partial charge in [0.05, 0.1) is 16.6 Å². The molecule has 0 bridgehead atoms. The minimum Gasteiger partial charge on any atom is -0.267 e. The molecule has 4 heteroatoms. The van der Waals surface area contributed by atoms with Crippen molar-refractivity contribution in [2.45, 2.75) is 13.8 Å². The summed E-state index contributed by atoms with van der Waals surface area (Å²) in [4.78, 5) is 17.8. The average molecular weight is 351 g/mol. The molecule has 0 amide bonds. The summed E-state index contributed by atoms with van der Waals surface area (Å²) in [5, 5.41) is 7.22. The van der Waals surface area contributed by atoms with E-state index >= 15 is 0 Å². The van der Waals surface area contributed by atoms with Crippen LogP contribution in [0, 0.1) is 13.8 Å². The van der Waals surface area contributed by atoms with Gasteiger partial charge in [-0.25, -0.2) is 4.98 Å². The predicted molar refractivity (Wildman–Crippen MR) is 109 cm³/mol. The van der Waals surface area contributed by atoms with Crippen molar-refractivity contribution >= 4 is 27.3 Å². The zero-order valence-electron chi connectivity index (χ0n) is 15.1. The fourth-order valence-corrected chi connectivity index (χ4v) is 3.53. The Balaban J connectivity index is 1.99. The highest BCUT2D eigenvalue weighted by atomic mass is 16.1. The number of benzene rings is 3. The quantitative estimate of drug-likeness (QED) is 0.325. The van der Waals surface area contributed by atoms with Crippen molar-refractivity contribution in [2.75, 3.05) is 0 Å². The van der Waals surface area contributed by atoms with E-state index < -0.39 is 0 Å². The van der Waals surface area contributed by atoms with Gasteiger partial charge in [0.1, 0.15) is 0 Å². The van der Waals surface area contributed by atoms with Crippen LogP contribution in [0.3, 0.4) is 0 Å². The standard InChI is InChI=1S/C23H17N3O/c1-14-11-12-16(13-15(14)2)21-17-7-3-4-8-18(17)22-24-20-10-6-5-9-19(20)23(27)26(22)25-21/h3-13H,1-2H3. The summed E-state index contributed by atoms with van der Waals surface area (Å²) in [5.74, 6) is 0. The summed E-state index contributed by atoms with van der Waals surface area (Å²) < 4.78 is 1.44. The molecule has 130 valence electrons. The lowest BCUT2D eigenvalue weighted by Gasteiger charge is -2.12. The van der Waals surface area contributed by atoms with Crippen LogP contribution in [0.15, 0.2) is 71.5 Å². The first-order valence-electron chi connectivity index (χ1n) is 8.91. The SMILES string of the molecule is Cc1ccc(-c2nn3c(=O)c4ccccc4nc3c3ccccc23)cc1C. The molecule has 2 aromatic heterocycles. The number of hydrogen-bond acceptors (Lipinski definition) is 3. The summed E-state index contributed by atoms with van der Waals surface area (Å²) in [6.45, 7) is 4.18. The third-order valence-electron chi connectivity index (χ3n) is 5.16. The van der Waals surface area contributed by atoms with Gasteiger partial charge >= 0.3 is 0 Å². The third kappa shape index (κ3) is 2.34. The van der Waals surface area contributed by atoms with E-state index in [0.717, 1.165) is 22.0 Å². The molecule has 5 aromatic rings. The molecule has 2 heterocycles. The normalized spacial score (nSPS) is 11.5. The lowest BCUT2D eigenvalue weighted by atomic mass is 10.0. The Kier molecular flexibility index (Phi) is 3.34. The molecule has 0 spiro atoms. The van der Waals surface area contributed by atoms with Crippen LogP contribution in [0.25, 0.3) is 38.6 Å². The van der Waals surface area contributed by atoms with Gasteiger partial charge in [-0.05, 0) is 43.2 Å². The van der Waals surface area contributed by atoms with Gasteiger partial charge in [0.15, 0.2) is 5.65 Å². The number of aromatic nitrogens is 3. The molecule has 0 unspecified atom stereocenters. The molecule has 27 heavy (non-hydrogen) atoms.